The van der Waals surface area contributed by atoms with Crippen molar-refractivity contribution in [2.24, 2.45) is 7.05 Å². The number of aromatic nitrogens is 3. The first kappa shape index (κ1) is 17.4. The van der Waals surface area contributed by atoms with E-state index in [0.29, 0.717) is 22.1 Å². The maximum absolute atomic E-state index is 14.0. The van der Waals surface area contributed by atoms with Crippen LogP contribution < -0.4 is 0 Å². The second-order valence-electron chi connectivity index (χ2n) is 5.84. The number of nitrogens with zero attached hydrogens (tertiary/aromatic N) is 3. The fourth-order valence-corrected chi connectivity index (χ4v) is 3.35. The molecule has 2 aromatic carbocycles. The van der Waals surface area contributed by atoms with Crippen LogP contribution in [0.2, 0.25) is 0 Å². The summed E-state index contributed by atoms with van der Waals surface area (Å²) >= 11 is 1.32. The van der Waals surface area contributed by atoms with Gasteiger partial charge in [0.25, 0.3) is 0 Å². The molecule has 4 nitrogen and oxygen atoms in total. The second-order valence-corrected chi connectivity index (χ2v) is 7.14. The van der Waals surface area contributed by atoms with E-state index in [1.165, 1.54) is 17.8 Å². The molecule has 0 aliphatic rings. The van der Waals surface area contributed by atoms with Gasteiger partial charge >= 0.3 is 0 Å². The van der Waals surface area contributed by atoms with Gasteiger partial charge in [-0.25, -0.2) is 4.39 Å². The monoisotopic (exact) mass is 355 g/mol. The molecule has 0 N–H and O–H groups in total. The third kappa shape index (κ3) is 3.64. The van der Waals surface area contributed by atoms with Crippen molar-refractivity contribution < 1.29 is 9.18 Å². The molecule has 0 saturated carbocycles. The molecule has 0 amide bonds. The molecule has 3 rings (SSSR count). The Morgan fingerprint density at radius 3 is 2.48 bits per heavy atom. The van der Waals surface area contributed by atoms with Crippen LogP contribution in [0.4, 0.5) is 4.39 Å². The van der Waals surface area contributed by atoms with Crippen molar-refractivity contribution in [3.8, 4) is 11.4 Å². The molecule has 1 atom stereocenters. The van der Waals surface area contributed by atoms with Crippen LogP contribution in [0.15, 0.2) is 53.7 Å². The van der Waals surface area contributed by atoms with Crippen molar-refractivity contribution in [2.45, 2.75) is 24.3 Å². The maximum atomic E-state index is 14.0. The van der Waals surface area contributed by atoms with E-state index in [0.717, 1.165) is 5.56 Å². The molecule has 6 heteroatoms. The number of aryl methyl sites for hydroxylation is 1. The molecular formula is C19H18FN3OS. The molecule has 1 heterocycles. The lowest BCUT2D eigenvalue weighted by Crippen LogP contribution is -2.14. The van der Waals surface area contributed by atoms with E-state index >= 15 is 0 Å². The van der Waals surface area contributed by atoms with E-state index in [1.54, 1.807) is 29.8 Å². The van der Waals surface area contributed by atoms with Gasteiger partial charge in [-0.3, -0.25) is 4.79 Å². The number of carbonyl (C=O) groups is 1. The van der Waals surface area contributed by atoms with Crippen LogP contribution in [0.25, 0.3) is 11.4 Å². The molecule has 0 spiro atoms. The van der Waals surface area contributed by atoms with E-state index in [-0.39, 0.29) is 16.9 Å². The van der Waals surface area contributed by atoms with Gasteiger partial charge < -0.3 is 4.57 Å². The lowest BCUT2D eigenvalue weighted by atomic mass is 10.1. The molecule has 0 saturated heterocycles. The van der Waals surface area contributed by atoms with Crippen LogP contribution in [0.5, 0.6) is 0 Å². The minimum absolute atomic E-state index is 0.0282. The lowest BCUT2D eigenvalue weighted by Gasteiger charge is -2.10. The molecule has 128 valence electrons. The largest absolute Gasteiger partial charge is 0.305 e. The smallest absolute Gasteiger partial charge is 0.191 e. The van der Waals surface area contributed by atoms with Crippen LogP contribution in [-0.2, 0) is 7.05 Å². The molecular weight excluding hydrogens is 337 g/mol. The van der Waals surface area contributed by atoms with Crippen LogP contribution in [-0.4, -0.2) is 25.8 Å². The lowest BCUT2D eigenvalue weighted by molar-refractivity contribution is 0.0994. The summed E-state index contributed by atoms with van der Waals surface area (Å²) in [5, 5.41) is 8.46. The van der Waals surface area contributed by atoms with Gasteiger partial charge in [0, 0.05) is 12.6 Å². The predicted octanol–water partition coefficient (Wildman–Crippen LogP) is 4.29. The van der Waals surface area contributed by atoms with Gasteiger partial charge in [-0.15, -0.1) is 10.2 Å². The average Bonchev–Trinajstić information content (AvgIpc) is 2.96. The number of carbonyl (C=O) groups excluding carboxylic acids is 1. The molecule has 1 aromatic heterocycles. The predicted molar refractivity (Wildman–Crippen MR) is 97.2 cm³/mol. The van der Waals surface area contributed by atoms with Crippen molar-refractivity contribution in [3.63, 3.8) is 0 Å². The normalized spacial score (nSPS) is 12.2. The standard InChI is InChI=1S/C19H18FN3OS/c1-12-8-10-14(11-9-12)17(24)13(2)25-19-22-21-18(23(19)3)15-6-4-5-7-16(15)20/h4-11,13H,1-3H3/t13-/m0/s1. The van der Waals surface area contributed by atoms with Crippen LogP contribution >= 0.6 is 11.8 Å². The molecule has 0 aliphatic heterocycles. The van der Waals surface area contributed by atoms with Gasteiger partial charge in [-0.05, 0) is 26.0 Å². The number of thioether (sulfide) groups is 1. The van der Waals surface area contributed by atoms with Gasteiger partial charge in [0.1, 0.15) is 5.82 Å². The molecule has 0 fully saturated rings. The van der Waals surface area contributed by atoms with Crippen molar-refractivity contribution in [1.82, 2.24) is 14.8 Å². The summed E-state index contributed by atoms with van der Waals surface area (Å²) < 4.78 is 15.7. The Morgan fingerprint density at radius 1 is 1.12 bits per heavy atom. The number of rotatable bonds is 5. The van der Waals surface area contributed by atoms with E-state index < -0.39 is 0 Å². The van der Waals surface area contributed by atoms with Crippen LogP contribution in [0, 0.1) is 12.7 Å². The summed E-state index contributed by atoms with van der Waals surface area (Å²) in [4.78, 5) is 12.6. The summed E-state index contributed by atoms with van der Waals surface area (Å²) in [5.74, 6) is 0.120. The molecule has 0 unspecified atom stereocenters. The van der Waals surface area contributed by atoms with Gasteiger partial charge in [0.2, 0.25) is 0 Å². The number of ketones is 1. The zero-order valence-electron chi connectivity index (χ0n) is 14.2. The summed E-state index contributed by atoms with van der Waals surface area (Å²) in [6, 6.07) is 13.9. The molecule has 0 radical (unpaired) electrons. The topological polar surface area (TPSA) is 47.8 Å². The van der Waals surface area contributed by atoms with Gasteiger partial charge in [0.05, 0.1) is 10.8 Å². The number of Topliss-reactive ketones (excluding diaryl/α,β-unsaturated/α-hetero) is 1. The first-order valence-electron chi connectivity index (χ1n) is 7.89. The van der Waals surface area contributed by atoms with Crippen molar-refractivity contribution in [3.05, 3.63) is 65.5 Å². The van der Waals surface area contributed by atoms with Gasteiger partial charge in [0.15, 0.2) is 16.8 Å². The Bertz CT molecular complexity index is 905. The van der Waals surface area contributed by atoms with E-state index in [9.17, 15) is 9.18 Å². The summed E-state index contributed by atoms with van der Waals surface area (Å²) in [7, 11) is 1.77. The van der Waals surface area contributed by atoms with Crippen molar-refractivity contribution in [2.75, 3.05) is 0 Å². The molecule has 0 bridgehead atoms. The molecule has 25 heavy (non-hydrogen) atoms. The highest BCUT2D eigenvalue weighted by Gasteiger charge is 2.21. The van der Waals surface area contributed by atoms with E-state index in [4.69, 9.17) is 0 Å². The number of halogens is 1. The SMILES string of the molecule is Cc1ccc(C(=O)[C@H](C)Sc2nnc(-c3ccccc3F)n2C)cc1. The fraction of sp³-hybridized carbons (Fsp3) is 0.211. The minimum atomic E-state index is -0.349. The highest BCUT2D eigenvalue weighted by molar-refractivity contribution is 8.00. The zero-order chi connectivity index (χ0) is 18.0. The Labute approximate surface area is 150 Å². The summed E-state index contributed by atoms with van der Waals surface area (Å²) in [6.07, 6.45) is 0. The van der Waals surface area contributed by atoms with Crippen LogP contribution in [0.1, 0.15) is 22.8 Å². The third-order valence-electron chi connectivity index (χ3n) is 3.94. The Morgan fingerprint density at radius 2 is 1.80 bits per heavy atom. The Kier molecular flexibility index (Phi) is 4.99. The van der Waals surface area contributed by atoms with E-state index in [2.05, 4.69) is 10.2 Å². The Hall–Kier alpha value is -2.47. The molecule has 3 aromatic rings. The molecule has 0 aliphatic carbocycles. The highest BCUT2D eigenvalue weighted by atomic mass is 32.2. The summed E-state index contributed by atoms with van der Waals surface area (Å²) in [6.45, 7) is 3.82. The number of hydrogen-bond donors (Lipinski definition) is 0. The second kappa shape index (κ2) is 7.19. The van der Waals surface area contributed by atoms with Gasteiger partial charge in [-0.1, -0.05) is 53.7 Å². The first-order valence-corrected chi connectivity index (χ1v) is 8.77. The fourth-order valence-electron chi connectivity index (χ4n) is 2.46. The van der Waals surface area contributed by atoms with Crippen LogP contribution in [0.3, 0.4) is 0 Å². The third-order valence-corrected chi connectivity index (χ3v) is 5.07. The van der Waals surface area contributed by atoms with E-state index in [1.807, 2.05) is 38.1 Å². The maximum Gasteiger partial charge on any atom is 0.191 e. The first-order chi connectivity index (χ1) is 12.0. The summed E-state index contributed by atoms with van der Waals surface area (Å²) in [5.41, 5.74) is 2.17. The number of benzene rings is 2. The quantitative estimate of drug-likeness (QED) is 0.506. The van der Waals surface area contributed by atoms with Gasteiger partial charge in [-0.2, -0.15) is 0 Å². The Balaban J connectivity index is 1.81. The zero-order valence-corrected chi connectivity index (χ0v) is 15.0. The number of hydrogen-bond acceptors (Lipinski definition) is 4. The highest BCUT2D eigenvalue weighted by Crippen LogP contribution is 2.28. The van der Waals surface area contributed by atoms with Crippen molar-refractivity contribution >= 4 is 17.5 Å². The minimum Gasteiger partial charge on any atom is -0.305 e. The van der Waals surface area contributed by atoms with Crippen molar-refractivity contribution in [1.29, 1.82) is 0 Å². The average molecular weight is 355 g/mol.